The molecule has 7 nitrogen and oxygen atoms in total. The highest BCUT2D eigenvalue weighted by molar-refractivity contribution is 5.87. The number of rotatable bonds is 4. The molecule has 0 radical (unpaired) electrons. The standard InChI is InChI=1S/C17H14N2O5/c20-17(21)14-7-10(3-5-18-14)16-19-13-2-1-11(8-15(13)24-16)23-12-4-6-22-9-12/h1-3,5,7-8,12H,4,6,9H2,(H,20,21)/t12-/m0/s1. The normalized spacial score (nSPS) is 17.2. The molecule has 0 spiro atoms. The van der Waals surface area contributed by atoms with Crippen LogP contribution in [0.1, 0.15) is 16.9 Å². The zero-order valence-corrected chi connectivity index (χ0v) is 12.6. The average Bonchev–Trinajstić information content (AvgIpc) is 3.24. The first-order valence-corrected chi connectivity index (χ1v) is 7.54. The molecule has 0 saturated carbocycles. The maximum absolute atomic E-state index is 11.0. The van der Waals surface area contributed by atoms with E-state index in [1.165, 1.54) is 12.3 Å². The van der Waals surface area contributed by atoms with Gasteiger partial charge in [0.15, 0.2) is 5.58 Å². The van der Waals surface area contributed by atoms with Gasteiger partial charge in [0.25, 0.3) is 0 Å². The number of aromatic nitrogens is 2. The third-order valence-electron chi connectivity index (χ3n) is 3.78. The van der Waals surface area contributed by atoms with Crippen LogP contribution in [0.25, 0.3) is 22.6 Å². The Morgan fingerprint density at radius 1 is 1.29 bits per heavy atom. The number of hydrogen-bond acceptors (Lipinski definition) is 6. The topological polar surface area (TPSA) is 94.7 Å². The summed E-state index contributed by atoms with van der Waals surface area (Å²) < 4.78 is 16.9. The minimum atomic E-state index is -1.09. The number of fused-ring (bicyclic) bond motifs is 1. The van der Waals surface area contributed by atoms with Gasteiger partial charge in [-0.25, -0.2) is 14.8 Å². The molecule has 0 amide bonds. The zero-order chi connectivity index (χ0) is 16.5. The average molecular weight is 326 g/mol. The maximum atomic E-state index is 11.0. The number of benzene rings is 1. The van der Waals surface area contributed by atoms with Gasteiger partial charge in [0.2, 0.25) is 5.89 Å². The summed E-state index contributed by atoms with van der Waals surface area (Å²) in [6, 6.07) is 8.52. The van der Waals surface area contributed by atoms with Crippen LogP contribution in [0.3, 0.4) is 0 Å². The Labute approximate surface area is 136 Å². The highest BCUT2D eigenvalue weighted by Crippen LogP contribution is 2.28. The Kier molecular flexibility index (Phi) is 3.62. The molecule has 7 heteroatoms. The summed E-state index contributed by atoms with van der Waals surface area (Å²) in [4.78, 5) is 19.2. The molecule has 1 N–H and O–H groups in total. The molecule has 1 aliphatic rings. The smallest absolute Gasteiger partial charge is 0.354 e. The number of oxazole rings is 1. The summed E-state index contributed by atoms with van der Waals surface area (Å²) in [7, 11) is 0. The van der Waals surface area contributed by atoms with Crippen molar-refractivity contribution in [2.45, 2.75) is 12.5 Å². The van der Waals surface area contributed by atoms with E-state index < -0.39 is 5.97 Å². The van der Waals surface area contributed by atoms with Gasteiger partial charge in [0.05, 0.1) is 13.2 Å². The molecule has 0 aliphatic carbocycles. The van der Waals surface area contributed by atoms with E-state index in [0.29, 0.717) is 41.5 Å². The van der Waals surface area contributed by atoms with Gasteiger partial charge in [0, 0.05) is 24.2 Å². The van der Waals surface area contributed by atoms with Crippen molar-refractivity contribution in [3.8, 4) is 17.2 Å². The van der Waals surface area contributed by atoms with Gasteiger partial charge in [0.1, 0.15) is 23.1 Å². The first kappa shape index (κ1) is 14.6. The number of hydrogen-bond donors (Lipinski definition) is 1. The van der Waals surface area contributed by atoms with Crippen molar-refractivity contribution >= 4 is 17.1 Å². The summed E-state index contributed by atoms with van der Waals surface area (Å²) in [5, 5.41) is 9.03. The van der Waals surface area contributed by atoms with E-state index in [9.17, 15) is 4.79 Å². The van der Waals surface area contributed by atoms with Crippen molar-refractivity contribution in [2.75, 3.05) is 13.2 Å². The number of pyridine rings is 1. The van der Waals surface area contributed by atoms with Crippen LogP contribution in [-0.2, 0) is 4.74 Å². The minimum Gasteiger partial charge on any atom is -0.488 e. The fourth-order valence-electron chi connectivity index (χ4n) is 2.58. The van der Waals surface area contributed by atoms with E-state index in [-0.39, 0.29) is 11.8 Å². The van der Waals surface area contributed by atoms with Crippen LogP contribution in [-0.4, -0.2) is 40.4 Å². The summed E-state index contributed by atoms with van der Waals surface area (Å²) in [5.74, 6) is -0.0552. The molecule has 3 aromatic rings. The van der Waals surface area contributed by atoms with E-state index in [4.69, 9.17) is 19.0 Å². The van der Waals surface area contributed by atoms with Gasteiger partial charge >= 0.3 is 5.97 Å². The molecule has 1 saturated heterocycles. The highest BCUT2D eigenvalue weighted by atomic mass is 16.5. The first-order valence-electron chi connectivity index (χ1n) is 7.54. The molecule has 1 aromatic carbocycles. The molecular formula is C17H14N2O5. The van der Waals surface area contributed by atoms with Crippen LogP contribution < -0.4 is 4.74 Å². The first-order chi connectivity index (χ1) is 11.7. The van der Waals surface area contributed by atoms with E-state index in [1.54, 1.807) is 12.1 Å². The lowest BCUT2D eigenvalue weighted by atomic mass is 10.2. The molecule has 1 atom stereocenters. The fraction of sp³-hybridized carbons (Fsp3) is 0.235. The summed E-state index contributed by atoms with van der Waals surface area (Å²) in [6.45, 7) is 1.31. The summed E-state index contributed by atoms with van der Waals surface area (Å²) in [5.41, 5.74) is 1.76. The third kappa shape index (κ3) is 2.81. The molecule has 0 unspecified atom stereocenters. The van der Waals surface area contributed by atoms with Gasteiger partial charge in [-0.05, 0) is 24.3 Å². The number of carboxylic acids is 1. The van der Waals surface area contributed by atoms with E-state index >= 15 is 0 Å². The maximum Gasteiger partial charge on any atom is 0.354 e. The van der Waals surface area contributed by atoms with E-state index in [0.717, 1.165) is 6.42 Å². The largest absolute Gasteiger partial charge is 0.488 e. The fourth-order valence-corrected chi connectivity index (χ4v) is 2.58. The van der Waals surface area contributed by atoms with Crippen LogP contribution in [0.5, 0.6) is 5.75 Å². The second-order valence-electron chi connectivity index (χ2n) is 5.49. The van der Waals surface area contributed by atoms with E-state index in [2.05, 4.69) is 9.97 Å². The van der Waals surface area contributed by atoms with Gasteiger partial charge in [-0.3, -0.25) is 0 Å². The Hall–Kier alpha value is -2.93. The van der Waals surface area contributed by atoms with Crippen LogP contribution in [0.4, 0.5) is 0 Å². The quantitative estimate of drug-likeness (QED) is 0.787. The van der Waals surface area contributed by atoms with Crippen LogP contribution >= 0.6 is 0 Å². The van der Waals surface area contributed by atoms with Gasteiger partial charge in [-0.2, -0.15) is 0 Å². The Morgan fingerprint density at radius 3 is 3.00 bits per heavy atom. The monoisotopic (exact) mass is 326 g/mol. The molecule has 1 fully saturated rings. The number of carbonyl (C=O) groups is 1. The van der Waals surface area contributed by atoms with Gasteiger partial charge in [-0.15, -0.1) is 0 Å². The number of aromatic carboxylic acids is 1. The summed E-state index contributed by atoms with van der Waals surface area (Å²) in [6.07, 6.45) is 2.35. The lowest BCUT2D eigenvalue weighted by Crippen LogP contribution is -2.15. The number of nitrogens with zero attached hydrogens (tertiary/aromatic N) is 2. The number of carboxylic acid groups (broad SMARTS) is 1. The Bertz CT molecular complexity index is 899. The molecular weight excluding hydrogens is 312 g/mol. The van der Waals surface area contributed by atoms with Gasteiger partial charge in [-0.1, -0.05) is 0 Å². The molecule has 2 aromatic heterocycles. The second-order valence-corrected chi connectivity index (χ2v) is 5.49. The van der Waals surface area contributed by atoms with Crippen LogP contribution in [0.15, 0.2) is 40.9 Å². The predicted octanol–water partition coefficient (Wildman–Crippen LogP) is 2.76. The van der Waals surface area contributed by atoms with Crippen LogP contribution in [0.2, 0.25) is 0 Å². The highest BCUT2D eigenvalue weighted by Gasteiger charge is 2.18. The van der Waals surface area contributed by atoms with Crippen LogP contribution in [0, 0.1) is 0 Å². The van der Waals surface area contributed by atoms with Crippen molar-refractivity contribution in [1.29, 1.82) is 0 Å². The van der Waals surface area contributed by atoms with Crippen molar-refractivity contribution in [3.63, 3.8) is 0 Å². The number of ether oxygens (including phenoxy) is 2. The van der Waals surface area contributed by atoms with Crippen molar-refractivity contribution in [2.24, 2.45) is 0 Å². The molecule has 0 bridgehead atoms. The molecule has 122 valence electrons. The SMILES string of the molecule is O=C(O)c1cc(-c2nc3ccc(O[C@H]4CCOC4)cc3o2)ccn1. The molecule has 4 rings (SSSR count). The lowest BCUT2D eigenvalue weighted by Gasteiger charge is -2.10. The minimum absolute atomic E-state index is 0.0555. The van der Waals surface area contributed by atoms with Crippen molar-refractivity contribution < 1.29 is 23.8 Å². The Morgan fingerprint density at radius 2 is 2.21 bits per heavy atom. The summed E-state index contributed by atoms with van der Waals surface area (Å²) >= 11 is 0. The van der Waals surface area contributed by atoms with Crippen molar-refractivity contribution in [3.05, 3.63) is 42.2 Å². The molecule has 3 heterocycles. The third-order valence-corrected chi connectivity index (χ3v) is 3.78. The van der Waals surface area contributed by atoms with Gasteiger partial charge < -0.3 is 19.0 Å². The predicted molar refractivity (Wildman–Crippen MR) is 84.1 cm³/mol. The molecule has 24 heavy (non-hydrogen) atoms. The lowest BCUT2D eigenvalue weighted by molar-refractivity contribution is 0.0690. The zero-order valence-electron chi connectivity index (χ0n) is 12.6. The van der Waals surface area contributed by atoms with Crippen molar-refractivity contribution in [1.82, 2.24) is 9.97 Å². The Balaban J connectivity index is 1.65. The van der Waals surface area contributed by atoms with E-state index in [1.807, 2.05) is 12.1 Å². The second kappa shape index (κ2) is 5.93. The molecule has 1 aliphatic heterocycles.